The highest BCUT2D eigenvalue weighted by Gasteiger charge is 2.06. The summed E-state index contributed by atoms with van der Waals surface area (Å²) in [7, 11) is 0. The number of aryl methyl sites for hydroxylation is 2. The maximum absolute atomic E-state index is 4.66. The summed E-state index contributed by atoms with van der Waals surface area (Å²) < 4.78 is 0. The van der Waals surface area contributed by atoms with Gasteiger partial charge in [-0.2, -0.15) is 0 Å². The molecule has 0 amide bonds. The summed E-state index contributed by atoms with van der Waals surface area (Å²) in [6.45, 7) is 7.28. The number of anilines is 1. The smallest absolute Gasteiger partial charge is 0.132 e. The Bertz CT molecular complexity index is 560. The summed E-state index contributed by atoms with van der Waals surface area (Å²) in [6, 6.07) is 10.6. The molecule has 2 aromatic rings. The van der Waals surface area contributed by atoms with E-state index in [2.05, 4.69) is 60.3 Å². The predicted octanol–water partition coefficient (Wildman–Crippen LogP) is 4.46. The molecular weight excluding hydrogens is 278 g/mol. The highest BCUT2D eigenvalue weighted by atomic mass is 32.2. The van der Waals surface area contributed by atoms with Gasteiger partial charge in [0, 0.05) is 24.8 Å². The molecule has 2 rings (SSSR count). The largest absolute Gasteiger partial charge is 0.370 e. The fourth-order valence-corrected chi connectivity index (χ4v) is 3.07. The van der Waals surface area contributed by atoms with Crippen LogP contribution in [-0.4, -0.2) is 16.5 Å². The maximum atomic E-state index is 4.66. The van der Waals surface area contributed by atoms with Crippen LogP contribution in [0.4, 0.5) is 5.82 Å². The Labute approximate surface area is 131 Å². The topological polar surface area (TPSA) is 37.8 Å². The molecule has 4 heteroatoms. The highest BCUT2D eigenvalue weighted by molar-refractivity contribution is 7.98. The molecule has 0 fully saturated rings. The van der Waals surface area contributed by atoms with Crippen LogP contribution in [0, 0.1) is 6.92 Å². The van der Waals surface area contributed by atoms with Crippen LogP contribution >= 0.6 is 11.8 Å². The summed E-state index contributed by atoms with van der Waals surface area (Å²) in [5, 5.41) is 4.34. The van der Waals surface area contributed by atoms with Gasteiger partial charge >= 0.3 is 0 Å². The van der Waals surface area contributed by atoms with Crippen molar-refractivity contribution in [1.29, 1.82) is 0 Å². The van der Waals surface area contributed by atoms with E-state index < -0.39 is 0 Å². The number of aromatic nitrogens is 2. The van der Waals surface area contributed by atoms with Crippen LogP contribution in [0.15, 0.2) is 35.4 Å². The van der Waals surface area contributed by atoms with E-state index >= 15 is 0 Å². The van der Waals surface area contributed by atoms with Gasteiger partial charge in [-0.05, 0) is 31.4 Å². The second-order valence-electron chi connectivity index (χ2n) is 5.00. The fraction of sp³-hybridized carbons (Fsp3) is 0.412. The minimum Gasteiger partial charge on any atom is -0.370 e. The molecule has 0 aliphatic rings. The fourth-order valence-electron chi connectivity index (χ4n) is 2.08. The van der Waals surface area contributed by atoms with Crippen molar-refractivity contribution in [3.63, 3.8) is 0 Å². The SMILES string of the molecule is CCCc1nc(NCC)cc(SCc2ccccc2C)n1. The third kappa shape index (κ3) is 4.74. The third-order valence-corrected chi connectivity index (χ3v) is 4.18. The van der Waals surface area contributed by atoms with E-state index in [1.807, 2.05) is 6.07 Å². The Balaban J connectivity index is 2.13. The average Bonchev–Trinajstić information content (AvgIpc) is 2.47. The average molecular weight is 301 g/mol. The summed E-state index contributed by atoms with van der Waals surface area (Å²) in [6.07, 6.45) is 1.99. The van der Waals surface area contributed by atoms with Crippen LogP contribution in [0.2, 0.25) is 0 Å². The van der Waals surface area contributed by atoms with E-state index in [4.69, 9.17) is 0 Å². The Morgan fingerprint density at radius 3 is 2.67 bits per heavy atom. The van der Waals surface area contributed by atoms with Gasteiger partial charge in [0.2, 0.25) is 0 Å². The van der Waals surface area contributed by atoms with Gasteiger partial charge in [0.05, 0.1) is 0 Å². The minimum absolute atomic E-state index is 0.879. The predicted molar refractivity (Wildman–Crippen MR) is 90.9 cm³/mol. The second-order valence-corrected chi connectivity index (χ2v) is 6.00. The van der Waals surface area contributed by atoms with Crippen LogP contribution in [0.25, 0.3) is 0 Å². The number of hydrogen-bond donors (Lipinski definition) is 1. The number of nitrogens with zero attached hydrogens (tertiary/aromatic N) is 2. The molecule has 21 heavy (non-hydrogen) atoms. The molecule has 1 heterocycles. The molecule has 0 aliphatic heterocycles. The quantitative estimate of drug-likeness (QED) is 0.605. The molecule has 3 nitrogen and oxygen atoms in total. The zero-order valence-electron chi connectivity index (χ0n) is 13.0. The summed E-state index contributed by atoms with van der Waals surface area (Å²) in [5.74, 6) is 2.81. The lowest BCUT2D eigenvalue weighted by molar-refractivity contribution is 0.810. The van der Waals surface area contributed by atoms with Crippen LogP contribution in [0.5, 0.6) is 0 Å². The summed E-state index contributed by atoms with van der Waals surface area (Å²) in [5.41, 5.74) is 2.70. The van der Waals surface area contributed by atoms with Crippen molar-refractivity contribution in [2.75, 3.05) is 11.9 Å². The van der Waals surface area contributed by atoms with Crippen molar-refractivity contribution in [2.45, 2.75) is 44.4 Å². The molecule has 1 N–H and O–H groups in total. The van der Waals surface area contributed by atoms with Gasteiger partial charge < -0.3 is 5.32 Å². The van der Waals surface area contributed by atoms with Gasteiger partial charge in [0.15, 0.2) is 0 Å². The summed E-state index contributed by atoms with van der Waals surface area (Å²) >= 11 is 1.78. The number of rotatable bonds is 7. The molecule has 1 aromatic heterocycles. The Kier molecular flexibility index (Phi) is 6.05. The summed E-state index contributed by atoms with van der Waals surface area (Å²) in [4.78, 5) is 9.21. The van der Waals surface area contributed by atoms with Crippen molar-refractivity contribution in [1.82, 2.24) is 9.97 Å². The van der Waals surface area contributed by atoms with Crippen molar-refractivity contribution < 1.29 is 0 Å². The minimum atomic E-state index is 0.879. The Morgan fingerprint density at radius 1 is 1.14 bits per heavy atom. The Hall–Kier alpha value is -1.55. The van der Waals surface area contributed by atoms with Crippen LogP contribution in [0.1, 0.15) is 37.2 Å². The molecule has 0 saturated carbocycles. The Morgan fingerprint density at radius 2 is 1.95 bits per heavy atom. The van der Waals surface area contributed by atoms with E-state index in [1.165, 1.54) is 11.1 Å². The number of nitrogens with one attached hydrogen (secondary N) is 1. The lowest BCUT2D eigenvalue weighted by Crippen LogP contribution is -2.04. The zero-order chi connectivity index (χ0) is 15.1. The first-order chi connectivity index (χ1) is 10.2. The van der Waals surface area contributed by atoms with Crippen molar-refractivity contribution in [3.8, 4) is 0 Å². The molecule has 0 spiro atoms. The first-order valence-corrected chi connectivity index (χ1v) is 8.50. The molecule has 0 bridgehead atoms. The molecule has 1 aromatic carbocycles. The van der Waals surface area contributed by atoms with Gasteiger partial charge in [-0.25, -0.2) is 9.97 Å². The van der Waals surface area contributed by atoms with Crippen molar-refractivity contribution >= 4 is 17.6 Å². The van der Waals surface area contributed by atoms with Gasteiger partial charge in [-0.15, -0.1) is 11.8 Å². The van der Waals surface area contributed by atoms with E-state index in [-0.39, 0.29) is 0 Å². The van der Waals surface area contributed by atoms with Gasteiger partial charge in [0.25, 0.3) is 0 Å². The van der Waals surface area contributed by atoms with E-state index in [0.717, 1.165) is 41.8 Å². The normalized spacial score (nSPS) is 10.6. The van der Waals surface area contributed by atoms with Crippen LogP contribution in [-0.2, 0) is 12.2 Å². The van der Waals surface area contributed by atoms with Crippen molar-refractivity contribution in [3.05, 3.63) is 47.3 Å². The number of thioether (sulfide) groups is 1. The van der Waals surface area contributed by atoms with Gasteiger partial charge in [0.1, 0.15) is 16.7 Å². The second kappa shape index (κ2) is 8.03. The first-order valence-electron chi connectivity index (χ1n) is 7.52. The molecule has 0 unspecified atom stereocenters. The lowest BCUT2D eigenvalue weighted by Gasteiger charge is -2.09. The van der Waals surface area contributed by atoms with Crippen LogP contribution in [0.3, 0.4) is 0 Å². The first kappa shape index (κ1) is 15.8. The monoisotopic (exact) mass is 301 g/mol. The van der Waals surface area contributed by atoms with Crippen molar-refractivity contribution in [2.24, 2.45) is 0 Å². The molecule has 0 aliphatic carbocycles. The maximum Gasteiger partial charge on any atom is 0.132 e. The highest BCUT2D eigenvalue weighted by Crippen LogP contribution is 2.24. The van der Waals surface area contributed by atoms with E-state index in [9.17, 15) is 0 Å². The standard InChI is InChI=1S/C17H23N3S/c1-4-8-15-19-16(18-5-2)11-17(20-15)21-12-14-10-7-6-9-13(14)3/h6-7,9-11H,4-5,8,12H2,1-3H3,(H,18,19,20). The van der Waals surface area contributed by atoms with Gasteiger partial charge in [-0.1, -0.05) is 31.2 Å². The molecule has 112 valence electrons. The molecule has 0 radical (unpaired) electrons. The number of benzene rings is 1. The van der Waals surface area contributed by atoms with Crippen LogP contribution < -0.4 is 5.32 Å². The number of hydrogen-bond acceptors (Lipinski definition) is 4. The van der Waals surface area contributed by atoms with E-state index in [1.54, 1.807) is 11.8 Å². The van der Waals surface area contributed by atoms with E-state index in [0.29, 0.717) is 0 Å². The molecular formula is C17H23N3S. The molecule has 0 atom stereocenters. The lowest BCUT2D eigenvalue weighted by atomic mass is 10.1. The van der Waals surface area contributed by atoms with Gasteiger partial charge in [-0.3, -0.25) is 0 Å². The third-order valence-electron chi connectivity index (χ3n) is 3.22. The molecule has 0 saturated heterocycles. The zero-order valence-corrected chi connectivity index (χ0v) is 13.8.